The van der Waals surface area contributed by atoms with Gasteiger partial charge < -0.3 is 15.7 Å². The molecule has 0 aliphatic heterocycles. The SMILES string of the molecule is CC(=O)Nc1cc(S(=O)(=O)O)cc2cc(S(=O)(=O)O)c(N=Nc3ccc(C(=O)Nc4ccc5cc(S(=O)(=O)O)ccc5c4)cc3)c(O)c12.[Na].[Na].[Na]. The van der Waals surface area contributed by atoms with Gasteiger partial charge in [0.2, 0.25) is 5.91 Å². The summed E-state index contributed by atoms with van der Waals surface area (Å²) in [5, 5.41) is 24.2. The number of phenolic OH excluding ortho intramolecular Hbond substituents is 1. The van der Waals surface area contributed by atoms with E-state index in [9.17, 15) is 53.6 Å². The summed E-state index contributed by atoms with van der Waals surface area (Å²) in [7, 11) is -14.4. The number of aromatic hydroxyl groups is 1. The molecule has 51 heavy (non-hydrogen) atoms. The van der Waals surface area contributed by atoms with Crippen LogP contribution in [0.4, 0.5) is 22.7 Å². The molecule has 251 valence electrons. The van der Waals surface area contributed by atoms with Gasteiger partial charge in [0.15, 0.2) is 5.75 Å². The number of carbonyl (C=O) groups excluding carboxylic acids is 2. The van der Waals surface area contributed by atoms with Crippen molar-refractivity contribution in [1.82, 2.24) is 0 Å². The van der Waals surface area contributed by atoms with E-state index >= 15 is 0 Å². The van der Waals surface area contributed by atoms with E-state index in [0.29, 0.717) is 16.5 Å². The van der Waals surface area contributed by atoms with Gasteiger partial charge in [-0.25, -0.2) is 0 Å². The number of nitrogens with zero attached hydrogens (tertiary/aromatic N) is 2. The largest absolute Gasteiger partial charge is 0.505 e. The first kappa shape index (κ1) is 44.8. The Bertz CT molecular complexity index is 2550. The van der Waals surface area contributed by atoms with E-state index in [2.05, 4.69) is 20.9 Å². The minimum atomic E-state index is -5.11. The van der Waals surface area contributed by atoms with Gasteiger partial charge >= 0.3 is 0 Å². The zero-order valence-electron chi connectivity index (χ0n) is 27.2. The number of benzene rings is 5. The Labute approximate surface area is 357 Å². The quantitative estimate of drug-likeness (QED) is 0.0743. The van der Waals surface area contributed by atoms with Gasteiger partial charge in [-0.1, -0.05) is 12.1 Å². The van der Waals surface area contributed by atoms with Crippen LogP contribution in [0.15, 0.2) is 104 Å². The van der Waals surface area contributed by atoms with Crippen molar-refractivity contribution in [2.45, 2.75) is 21.6 Å². The van der Waals surface area contributed by atoms with Gasteiger partial charge in [-0.15, -0.1) is 5.11 Å². The average Bonchev–Trinajstić information content (AvgIpc) is 2.98. The van der Waals surface area contributed by atoms with Crippen LogP contribution in [0.3, 0.4) is 0 Å². The normalized spacial score (nSPS) is 11.7. The van der Waals surface area contributed by atoms with Gasteiger partial charge in [-0.3, -0.25) is 23.2 Å². The molecule has 2 amide bonds. The number of fused-ring (bicyclic) bond motifs is 2. The number of rotatable bonds is 8. The van der Waals surface area contributed by atoms with Crippen LogP contribution in [0.2, 0.25) is 0 Å². The topological polar surface area (TPSA) is 266 Å². The molecule has 6 N–H and O–H groups in total. The Kier molecular flexibility index (Phi) is 15.1. The van der Waals surface area contributed by atoms with Crippen LogP contribution in [0, 0.1) is 0 Å². The summed E-state index contributed by atoms with van der Waals surface area (Å²) in [4.78, 5) is 22.6. The first-order valence-corrected chi connectivity index (χ1v) is 17.5. The summed E-state index contributed by atoms with van der Waals surface area (Å²) < 4.78 is 99.4. The molecule has 5 aromatic rings. The zero-order valence-corrected chi connectivity index (χ0v) is 35.6. The second-order valence-electron chi connectivity index (χ2n) is 10.2. The van der Waals surface area contributed by atoms with E-state index < -0.39 is 63.4 Å². The summed E-state index contributed by atoms with van der Waals surface area (Å²) in [6.07, 6.45) is 0. The summed E-state index contributed by atoms with van der Waals surface area (Å²) in [5.74, 6) is -2.15. The predicted molar refractivity (Wildman–Crippen MR) is 189 cm³/mol. The average molecular weight is 784 g/mol. The molecule has 16 nitrogen and oxygen atoms in total. The fourth-order valence-electron chi connectivity index (χ4n) is 4.64. The molecule has 0 heterocycles. The van der Waals surface area contributed by atoms with Crippen molar-refractivity contribution in [3.8, 4) is 5.75 Å². The number of hydrogen-bond acceptors (Lipinski definition) is 11. The maximum absolute atomic E-state index is 12.9. The number of hydrogen-bond donors (Lipinski definition) is 6. The molecule has 0 bridgehead atoms. The molecule has 22 heteroatoms. The molecular weight excluding hydrogens is 762 g/mol. The Morgan fingerprint density at radius 1 is 0.627 bits per heavy atom. The van der Waals surface area contributed by atoms with Gasteiger partial charge in [-0.05, 0) is 82.9 Å². The van der Waals surface area contributed by atoms with Crippen molar-refractivity contribution in [3.63, 3.8) is 0 Å². The molecule has 0 aromatic heterocycles. The maximum atomic E-state index is 12.9. The van der Waals surface area contributed by atoms with Crippen molar-refractivity contribution in [2.75, 3.05) is 10.6 Å². The predicted octanol–water partition coefficient (Wildman–Crippen LogP) is 3.92. The van der Waals surface area contributed by atoms with Crippen molar-refractivity contribution in [3.05, 3.63) is 84.4 Å². The Morgan fingerprint density at radius 3 is 1.76 bits per heavy atom. The standard InChI is InChI=1S/C29H22N4O12S3.3Na/c1-15(34)30-24-14-23(47(40,41)42)12-19-13-25(48(43,44)45)27(28(35)26(19)24)33-32-20-6-2-16(3-7-20)29(36)31-21-8-4-18-11-22(46(37,38)39)9-5-17(18)10-21;;;/h2-14,35H,1H3,(H,30,34)(H,31,36)(H,37,38,39)(H,40,41,42)(H,43,44,45);;;. The molecule has 0 fully saturated rings. The Hall–Kier alpha value is -2.31. The number of phenols is 1. The zero-order chi connectivity index (χ0) is 35.2. The smallest absolute Gasteiger partial charge is 0.296 e. The molecule has 0 saturated heterocycles. The summed E-state index contributed by atoms with van der Waals surface area (Å²) >= 11 is 0. The molecular formula is C29H22N4Na3O12S3. The summed E-state index contributed by atoms with van der Waals surface area (Å²) in [5.41, 5.74) is -0.483. The molecule has 5 aromatic carbocycles. The van der Waals surface area contributed by atoms with E-state index in [-0.39, 0.29) is 121 Å². The summed E-state index contributed by atoms with van der Waals surface area (Å²) in [6.45, 7) is 1.08. The third-order valence-electron chi connectivity index (χ3n) is 6.77. The minimum Gasteiger partial charge on any atom is -0.505 e. The third-order valence-corrected chi connectivity index (χ3v) is 9.32. The molecule has 0 saturated carbocycles. The van der Waals surface area contributed by atoms with Crippen LogP contribution in [0.25, 0.3) is 21.5 Å². The number of azo groups is 1. The molecule has 0 spiro atoms. The fraction of sp³-hybridized carbons (Fsp3) is 0.0345. The second-order valence-corrected chi connectivity index (χ2v) is 14.4. The number of amides is 2. The van der Waals surface area contributed by atoms with Gasteiger partial charge in [0, 0.05) is 112 Å². The van der Waals surface area contributed by atoms with Crippen LogP contribution in [-0.2, 0) is 35.1 Å². The Morgan fingerprint density at radius 2 is 1.20 bits per heavy atom. The first-order valence-electron chi connectivity index (χ1n) is 13.2. The van der Waals surface area contributed by atoms with E-state index in [0.717, 1.165) is 25.1 Å². The van der Waals surface area contributed by atoms with Crippen molar-refractivity contribution >= 4 is 175 Å². The fourth-order valence-corrected chi connectivity index (χ4v) is 6.36. The molecule has 0 unspecified atom stereocenters. The van der Waals surface area contributed by atoms with Gasteiger partial charge in [0.05, 0.1) is 21.2 Å². The van der Waals surface area contributed by atoms with Crippen molar-refractivity contribution in [1.29, 1.82) is 0 Å². The third kappa shape index (κ3) is 10.6. The van der Waals surface area contributed by atoms with Crippen LogP contribution in [0.1, 0.15) is 17.3 Å². The van der Waals surface area contributed by atoms with Gasteiger partial charge in [0.1, 0.15) is 10.6 Å². The van der Waals surface area contributed by atoms with E-state index in [1.165, 1.54) is 48.5 Å². The number of carbonyl (C=O) groups is 2. The minimum absolute atomic E-state index is 0. The molecule has 0 atom stereocenters. The van der Waals surface area contributed by atoms with Gasteiger partial charge in [0.25, 0.3) is 36.3 Å². The molecule has 5 rings (SSSR count). The van der Waals surface area contributed by atoms with E-state index in [1.54, 1.807) is 12.1 Å². The monoisotopic (exact) mass is 783 g/mol. The number of nitrogens with one attached hydrogen (secondary N) is 2. The number of anilines is 2. The van der Waals surface area contributed by atoms with E-state index in [1.807, 2.05) is 0 Å². The van der Waals surface area contributed by atoms with Crippen LogP contribution >= 0.6 is 0 Å². The van der Waals surface area contributed by atoms with Crippen LogP contribution in [0.5, 0.6) is 5.75 Å². The molecule has 0 aliphatic rings. The molecule has 0 aliphatic carbocycles. The van der Waals surface area contributed by atoms with Crippen molar-refractivity contribution < 1.29 is 53.6 Å². The van der Waals surface area contributed by atoms with Gasteiger partial charge in [-0.2, -0.15) is 30.4 Å². The van der Waals surface area contributed by atoms with Crippen LogP contribution < -0.4 is 10.6 Å². The maximum Gasteiger partial charge on any atom is 0.296 e. The second kappa shape index (κ2) is 17.2. The van der Waals surface area contributed by atoms with Crippen LogP contribution in [-0.4, -0.2) is 145 Å². The summed E-state index contributed by atoms with van der Waals surface area (Å²) in [6, 6.07) is 16.4. The van der Waals surface area contributed by atoms with Crippen molar-refractivity contribution in [2.24, 2.45) is 10.2 Å². The first-order chi connectivity index (χ1) is 22.3. The van der Waals surface area contributed by atoms with E-state index in [4.69, 9.17) is 0 Å². The Balaban J connectivity index is 0.00000300. The molecule has 3 radical (unpaired) electrons.